The third kappa shape index (κ3) is 10.3. The maximum atomic E-state index is 14.3. The number of hydrogen-bond acceptors (Lipinski definition) is 7. The summed E-state index contributed by atoms with van der Waals surface area (Å²) in [6, 6.07) is 31.0. The molecule has 0 radical (unpaired) electrons. The van der Waals surface area contributed by atoms with Crippen molar-refractivity contribution >= 4 is 48.1 Å². The molecular weight excluding hydrogens is 795 g/mol. The van der Waals surface area contributed by atoms with Crippen molar-refractivity contribution in [3.05, 3.63) is 127 Å². The van der Waals surface area contributed by atoms with Crippen LogP contribution in [0.4, 0.5) is 0 Å². The monoisotopic (exact) mass is 855 g/mol. The quantitative estimate of drug-likeness (QED) is 0.0825. The van der Waals surface area contributed by atoms with E-state index in [1.807, 2.05) is 78.9 Å². The molecule has 4 aromatic rings. The van der Waals surface area contributed by atoms with Gasteiger partial charge < -0.3 is 25.3 Å². The molecule has 0 aliphatic carbocycles. The smallest absolute Gasteiger partial charge is 0.262 e. The Hall–Kier alpha value is -5.72. The molecule has 4 amide bonds. The van der Waals surface area contributed by atoms with Crippen LogP contribution in [0.15, 0.2) is 121 Å². The van der Waals surface area contributed by atoms with E-state index >= 15 is 0 Å². The van der Waals surface area contributed by atoms with Gasteiger partial charge in [0.2, 0.25) is 23.6 Å². The third-order valence-electron chi connectivity index (χ3n) is 12.4. The molecule has 6 rings (SSSR count). The van der Waals surface area contributed by atoms with Crippen LogP contribution in [0.3, 0.4) is 0 Å². The highest BCUT2D eigenvalue weighted by atomic mass is 28.4. The van der Waals surface area contributed by atoms with Crippen LogP contribution in [-0.2, 0) is 34.8 Å². The molecule has 3 aromatic carbocycles. The average Bonchev–Trinajstić information content (AvgIpc) is 3.78. The van der Waals surface area contributed by atoms with E-state index in [0.717, 1.165) is 27.2 Å². The summed E-state index contributed by atoms with van der Waals surface area (Å²) in [4.78, 5) is 75.9. The van der Waals surface area contributed by atoms with Crippen molar-refractivity contribution in [2.45, 2.75) is 121 Å². The number of nitrogens with zero attached hydrogens (tertiary/aromatic N) is 2. The Morgan fingerprint density at radius 3 is 2.13 bits per heavy atom. The van der Waals surface area contributed by atoms with E-state index in [1.165, 1.54) is 0 Å². The highest BCUT2D eigenvalue weighted by molar-refractivity contribution is 6.99. The molecule has 326 valence electrons. The van der Waals surface area contributed by atoms with E-state index in [4.69, 9.17) is 4.43 Å². The predicted octanol–water partition coefficient (Wildman–Crippen LogP) is 5.81. The van der Waals surface area contributed by atoms with E-state index in [0.29, 0.717) is 32.2 Å². The van der Waals surface area contributed by atoms with Crippen LogP contribution < -0.4 is 26.3 Å². The Balaban J connectivity index is 1.13. The minimum atomic E-state index is -2.95. The zero-order chi connectivity index (χ0) is 44.5. The number of amides is 4. The van der Waals surface area contributed by atoms with E-state index in [2.05, 4.69) is 66.0 Å². The van der Waals surface area contributed by atoms with Crippen LogP contribution in [0, 0.1) is 0 Å². The number of pyridine rings is 1. The lowest BCUT2D eigenvalue weighted by Crippen LogP contribution is -2.68. The number of nitrogens with one attached hydrogen (secondary N) is 3. The SMILES string of the molecule is CC[C@]1(C)NC(=O)[C@H](CCC/C=C/C(=O)[C@H](C)O[Si](c2ccccc2)(c2ccccc2)C(C)(C)C)NC(=O)[C@H]2CCCN2C(=O)[C@H](Cc2ccc(-c3ccccn3)cc2)NC1=O. The third-order valence-corrected chi connectivity index (χ3v) is 17.5. The van der Waals surface area contributed by atoms with E-state index in [9.17, 15) is 24.0 Å². The van der Waals surface area contributed by atoms with Gasteiger partial charge in [0.15, 0.2) is 5.78 Å². The lowest BCUT2D eigenvalue weighted by molar-refractivity contribution is -0.144. The molecule has 5 atom stereocenters. The topological polar surface area (TPSA) is 147 Å². The van der Waals surface area contributed by atoms with Crippen LogP contribution in [0.5, 0.6) is 0 Å². The summed E-state index contributed by atoms with van der Waals surface area (Å²) >= 11 is 0. The molecule has 0 unspecified atom stereocenters. The Morgan fingerprint density at radius 2 is 1.53 bits per heavy atom. The Labute approximate surface area is 367 Å². The molecule has 11 nitrogen and oxygen atoms in total. The molecule has 2 fully saturated rings. The number of rotatable bonds is 14. The number of benzene rings is 3. The maximum Gasteiger partial charge on any atom is 0.262 e. The minimum absolute atomic E-state index is 0.162. The lowest BCUT2D eigenvalue weighted by atomic mass is 9.94. The molecule has 62 heavy (non-hydrogen) atoms. The first-order valence-corrected chi connectivity index (χ1v) is 23.8. The molecule has 2 aliphatic heterocycles. The van der Waals surface area contributed by atoms with Gasteiger partial charge in [-0.1, -0.05) is 125 Å². The first-order valence-electron chi connectivity index (χ1n) is 21.9. The molecule has 2 saturated heterocycles. The van der Waals surface area contributed by atoms with Crippen LogP contribution in [0.25, 0.3) is 11.3 Å². The Bertz CT molecular complexity index is 2170. The van der Waals surface area contributed by atoms with Gasteiger partial charge in [0.1, 0.15) is 29.8 Å². The van der Waals surface area contributed by atoms with Gasteiger partial charge >= 0.3 is 0 Å². The normalized spacial score (nSPS) is 21.9. The molecular formula is C50H61N5O6Si. The summed E-state index contributed by atoms with van der Waals surface area (Å²) in [5, 5.41) is 10.7. The number of allylic oxidation sites excluding steroid dienone is 1. The molecule has 3 N–H and O–H groups in total. The zero-order valence-electron chi connectivity index (χ0n) is 36.9. The molecule has 0 spiro atoms. The van der Waals surface area contributed by atoms with Crippen molar-refractivity contribution in [3.63, 3.8) is 0 Å². The number of unbranched alkanes of at least 4 members (excludes halogenated alkanes) is 1. The average molecular weight is 856 g/mol. The van der Waals surface area contributed by atoms with Crippen molar-refractivity contribution in [2.75, 3.05) is 6.54 Å². The highest BCUT2D eigenvalue weighted by Gasteiger charge is 2.51. The first-order chi connectivity index (χ1) is 29.7. The van der Waals surface area contributed by atoms with Gasteiger partial charge in [-0.25, -0.2) is 0 Å². The molecule has 0 bridgehead atoms. The summed E-state index contributed by atoms with van der Waals surface area (Å²) < 4.78 is 6.99. The van der Waals surface area contributed by atoms with Gasteiger partial charge in [-0.3, -0.25) is 29.0 Å². The van der Waals surface area contributed by atoms with Crippen LogP contribution in [0.2, 0.25) is 5.04 Å². The lowest BCUT2D eigenvalue weighted by Gasteiger charge is -2.44. The molecule has 3 heterocycles. The van der Waals surface area contributed by atoms with Gasteiger partial charge in [0, 0.05) is 24.7 Å². The van der Waals surface area contributed by atoms with Crippen molar-refractivity contribution in [2.24, 2.45) is 0 Å². The van der Waals surface area contributed by atoms with Crippen LogP contribution >= 0.6 is 0 Å². The number of hydrogen-bond donors (Lipinski definition) is 3. The second-order valence-corrected chi connectivity index (χ2v) is 22.0. The molecule has 0 saturated carbocycles. The number of aromatic nitrogens is 1. The van der Waals surface area contributed by atoms with Gasteiger partial charge in [-0.05, 0) is 91.6 Å². The van der Waals surface area contributed by atoms with Crippen molar-refractivity contribution in [1.29, 1.82) is 0 Å². The number of ketones is 1. The zero-order valence-corrected chi connectivity index (χ0v) is 37.9. The van der Waals surface area contributed by atoms with Gasteiger partial charge in [0.25, 0.3) is 8.32 Å². The standard InChI is InChI=1S/C50H61N5O6Si/c1-7-50(6)48(60)53-42(34-36-28-30-37(31-29-36)40-24-17-18-32-51-40)47(59)55-33-19-26-43(55)46(58)52-41(45(57)54-50)25-15-10-16-27-44(56)35(2)61-62(49(3,4)5,38-20-11-8-12-21-38)39-22-13-9-14-23-39/h8-9,11-14,16-18,20-24,27-32,35,41-43H,7,10,15,19,25-26,33-34H2,1-6H3,(H,52,58)(H,53,60)(H,54,57)/b27-16+/t35-,41-,42-,43+,50-/m0/s1. The Kier molecular flexibility index (Phi) is 14.8. The summed E-state index contributed by atoms with van der Waals surface area (Å²) in [6.07, 6.45) is 7.03. The summed E-state index contributed by atoms with van der Waals surface area (Å²) in [5.74, 6) is -1.86. The molecule has 2 aliphatic rings. The number of fused-ring (bicyclic) bond motifs is 1. The molecule has 12 heteroatoms. The minimum Gasteiger partial charge on any atom is -0.397 e. The largest absolute Gasteiger partial charge is 0.397 e. The van der Waals surface area contributed by atoms with E-state index in [1.54, 1.807) is 44.0 Å². The van der Waals surface area contributed by atoms with Crippen molar-refractivity contribution in [1.82, 2.24) is 25.8 Å². The van der Waals surface area contributed by atoms with Gasteiger partial charge in [-0.15, -0.1) is 0 Å². The van der Waals surface area contributed by atoms with Crippen LogP contribution in [-0.4, -0.2) is 83.9 Å². The summed E-state index contributed by atoms with van der Waals surface area (Å²) in [6.45, 7) is 12.1. The maximum absolute atomic E-state index is 14.3. The van der Waals surface area contributed by atoms with Crippen LogP contribution in [0.1, 0.15) is 85.6 Å². The van der Waals surface area contributed by atoms with E-state index < -0.39 is 55.8 Å². The van der Waals surface area contributed by atoms with Crippen molar-refractivity contribution < 1.29 is 28.4 Å². The second-order valence-electron chi connectivity index (χ2n) is 17.7. The number of carbonyl (C=O) groups excluding carboxylic acids is 5. The summed E-state index contributed by atoms with van der Waals surface area (Å²) in [7, 11) is -2.95. The number of carbonyl (C=O) groups is 5. The van der Waals surface area contributed by atoms with Gasteiger partial charge in [0.05, 0.1) is 5.69 Å². The fraction of sp³-hybridized carbons (Fsp3) is 0.400. The second kappa shape index (κ2) is 20.0. The van der Waals surface area contributed by atoms with Crippen molar-refractivity contribution in [3.8, 4) is 11.3 Å². The van der Waals surface area contributed by atoms with Gasteiger partial charge in [-0.2, -0.15) is 0 Å². The summed E-state index contributed by atoms with van der Waals surface area (Å²) in [5.41, 5.74) is 1.21. The predicted molar refractivity (Wildman–Crippen MR) is 245 cm³/mol. The fourth-order valence-electron chi connectivity index (χ4n) is 8.59. The first kappa shape index (κ1) is 45.8. The Morgan fingerprint density at radius 1 is 0.887 bits per heavy atom. The van der Waals surface area contributed by atoms with E-state index in [-0.39, 0.29) is 36.0 Å². The molecule has 1 aromatic heterocycles. The highest BCUT2D eigenvalue weighted by Crippen LogP contribution is 2.37. The fourth-order valence-corrected chi connectivity index (χ4v) is 13.3.